The molecule has 1 aliphatic carbocycles. The Morgan fingerprint density at radius 3 is 2.11 bits per heavy atom. The van der Waals surface area contributed by atoms with Crippen molar-refractivity contribution in [3.05, 3.63) is 58.9 Å². The van der Waals surface area contributed by atoms with Gasteiger partial charge in [0.15, 0.2) is 16.2 Å². The number of fused-ring (bicyclic) bond motifs is 2. The quantitative estimate of drug-likeness (QED) is 0.0792. The molecule has 4 rings (SSSR count). The minimum absolute atomic E-state index is 0. The summed E-state index contributed by atoms with van der Waals surface area (Å²) >= 11 is 0. The van der Waals surface area contributed by atoms with Crippen LogP contribution in [-0.2, 0) is 20.2 Å². The topological polar surface area (TPSA) is 252 Å². The smallest absolute Gasteiger partial charge is 0.744 e. The van der Waals surface area contributed by atoms with Gasteiger partial charge >= 0.3 is 43.7 Å². The molecule has 17 heteroatoms. The number of hydrogen-bond donors (Lipinski definition) is 4. The molecule has 38 heavy (non-hydrogen) atoms. The molecular weight excluding hydrogens is 534 g/mol. The summed E-state index contributed by atoms with van der Waals surface area (Å²) in [6.45, 7) is 0. The molecule has 2 aliphatic rings. The number of nitrogens with two attached hydrogens (primary N) is 1. The van der Waals surface area contributed by atoms with Crippen LogP contribution < -0.4 is 53.9 Å². The number of aromatic carboxylic acids is 2. The van der Waals surface area contributed by atoms with E-state index in [0.717, 1.165) is 42.5 Å². The zero-order valence-corrected chi connectivity index (χ0v) is 21.1. The third-order valence-corrected chi connectivity index (χ3v) is 7.10. The van der Waals surface area contributed by atoms with E-state index in [2.05, 4.69) is 0 Å². The number of carbonyl (C=O) groups excluding carboxylic acids is 1. The van der Waals surface area contributed by atoms with Gasteiger partial charge in [0.1, 0.15) is 15.0 Å². The van der Waals surface area contributed by atoms with Gasteiger partial charge in [0.25, 0.3) is 10.1 Å². The van der Waals surface area contributed by atoms with Crippen molar-refractivity contribution in [3.8, 4) is 22.5 Å². The monoisotopic (exact) mass is 546 g/mol. The van der Waals surface area contributed by atoms with E-state index >= 15 is 0 Å². The van der Waals surface area contributed by atoms with Gasteiger partial charge in [0.2, 0.25) is 0 Å². The summed E-state index contributed by atoms with van der Waals surface area (Å²) in [5.41, 5.74) is 2.40. The summed E-state index contributed by atoms with van der Waals surface area (Å²) in [5, 5.41) is 28.1. The van der Waals surface area contributed by atoms with Crippen LogP contribution in [0, 0.1) is 5.41 Å². The average Bonchev–Trinajstić information content (AvgIpc) is 2.74. The second-order valence-corrected chi connectivity index (χ2v) is 10.1. The van der Waals surface area contributed by atoms with E-state index in [1.165, 1.54) is 0 Å². The molecule has 0 fully saturated rings. The van der Waals surface area contributed by atoms with Crippen molar-refractivity contribution in [1.29, 1.82) is 5.41 Å². The number of carboxylic acid groups (broad SMARTS) is 2. The number of nitrogens with one attached hydrogen (secondary N) is 1. The fraction of sp³-hybridized carbons (Fsp3) is 0. The van der Waals surface area contributed by atoms with Crippen molar-refractivity contribution in [2.75, 3.05) is 5.73 Å². The predicted octanol–water partition coefficient (Wildman–Crippen LogP) is -5.51. The molecule has 1 heterocycles. The maximum Gasteiger partial charge on any atom is 1.00 e. The number of carbonyl (C=O) groups is 2. The third-order valence-electron chi connectivity index (χ3n) is 5.26. The Bertz CT molecular complexity index is 1890. The van der Waals surface area contributed by atoms with Crippen LogP contribution in [0.2, 0.25) is 0 Å². The van der Waals surface area contributed by atoms with Gasteiger partial charge in [-0.25, -0.2) is 13.2 Å². The van der Waals surface area contributed by atoms with Crippen LogP contribution in [0.3, 0.4) is 0 Å². The fourth-order valence-electron chi connectivity index (χ4n) is 3.85. The van der Waals surface area contributed by atoms with Gasteiger partial charge < -0.3 is 29.7 Å². The first-order valence-corrected chi connectivity index (χ1v) is 12.4. The molecule has 0 saturated heterocycles. The van der Waals surface area contributed by atoms with Crippen LogP contribution in [0.1, 0.15) is 20.7 Å². The molecule has 13 nitrogen and oxygen atoms in total. The summed E-state index contributed by atoms with van der Waals surface area (Å²) in [6, 6.07) is 6.95. The van der Waals surface area contributed by atoms with Gasteiger partial charge in [-0.05, 0) is 47.5 Å². The summed E-state index contributed by atoms with van der Waals surface area (Å²) in [4.78, 5) is 21.3. The van der Waals surface area contributed by atoms with Gasteiger partial charge in [-0.15, -0.1) is 0 Å². The third kappa shape index (κ3) is 5.24. The van der Waals surface area contributed by atoms with Gasteiger partial charge in [-0.3, -0.25) is 9.96 Å². The molecule has 0 spiro atoms. The van der Waals surface area contributed by atoms with E-state index in [-0.39, 0.29) is 59.8 Å². The Morgan fingerprint density at radius 1 is 0.947 bits per heavy atom. The van der Waals surface area contributed by atoms with Crippen LogP contribution in [0.15, 0.2) is 56.7 Å². The van der Waals surface area contributed by atoms with Crippen molar-refractivity contribution in [2.24, 2.45) is 0 Å². The van der Waals surface area contributed by atoms with Crippen LogP contribution in [0.5, 0.6) is 0 Å². The van der Waals surface area contributed by atoms with Crippen LogP contribution >= 0.6 is 0 Å². The summed E-state index contributed by atoms with van der Waals surface area (Å²) < 4.78 is 75.6. The van der Waals surface area contributed by atoms with Crippen LogP contribution in [0.25, 0.3) is 33.4 Å². The number of benzene rings is 3. The Hall–Kier alpha value is -3.12. The number of hydrogen-bond acceptors (Lipinski definition) is 11. The number of anilines is 1. The molecule has 2 aromatic rings. The number of nitrogen functional groups attached to an aromatic ring is 1. The Morgan fingerprint density at radius 2 is 1.58 bits per heavy atom. The zero-order valence-electron chi connectivity index (χ0n) is 19.5. The molecule has 0 atom stereocenters. The van der Waals surface area contributed by atoms with E-state index < -0.39 is 75.5 Å². The molecule has 0 bridgehead atoms. The molecular formula is C21H12Li2N2O11S2. The minimum Gasteiger partial charge on any atom is -0.744 e. The standard InChI is InChI=1S/C21H14N2O11S2.2Li/c22-13-5-3-10-15(12-7-8(20(24)25)1-2-9(12)21(26)27)11-4-6-14(23)19(36(31,32)33)17(11)34-16(10)18(13)35(28,29)30;;/h1-7,22H,23H2,(H,24,25)(H,26,27)(H,28,29,30)(H,31,32,33);;/q;2*+1/p-2. The first-order valence-electron chi connectivity index (χ1n) is 9.52. The van der Waals surface area contributed by atoms with Crippen molar-refractivity contribution in [1.82, 2.24) is 0 Å². The van der Waals surface area contributed by atoms with E-state index in [1.807, 2.05) is 0 Å². The normalized spacial score (nSPS) is 11.5. The Balaban J connectivity index is 0.00000253. The van der Waals surface area contributed by atoms with Crippen molar-refractivity contribution in [2.45, 2.75) is 9.79 Å². The molecule has 0 radical (unpaired) electrons. The maximum atomic E-state index is 12.1. The fourth-order valence-corrected chi connectivity index (χ4v) is 5.32. The predicted molar refractivity (Wildman–Crippen MR) is 118 cm³/mol. The van der Waals surface area contributed by atoms with E-state index in [4.69, 9.17) is 15.6 Å². The molecule has 0 amide bonds. The molecule has 0 aromatic heterocycles. The molecule has 186 valence electrons. The van der Waals surface area contributed by atoms with Gasteiger partial charge in [-0.1, -0.05) is 6.07 Å². The summed E-state index contributed by atoms with van der Waals surface area (Å²) in [6.07, 6.45) is 0. The van der Waals surface area contributed by atoms with E-state index in [0.29, 0.717) is 0 Å². The van der Waals surface area contributed by atoms with Crippen LogP contribution in [0.4, 0.5) is 5.69 Å². The summed E-state index contributed by atoms with van der Waals surface area (Å²) in [5.74, 6) is -4.05. The van der Waals surface area contributed by atoms with Crippen molar-refractivity contribution in [3.63, 3.8) is 0 Å². The van der Waals surface area contributed by atoms with Gasteiger partial charge in [-0.2, -0.15) is 8.42 Å². The average molecular weight is 546 g/mol. The largest absolute Gasteiger partial charge is 1.00 e. The van der Waals surface area contributed by atoms with Gasteiger partial charge in [0, 0.05) is 16.5 Å². The second kappa shape index (κ2) is 10.6. The SMILES string of the molecule is N=c1ccc2c(-c3cc(C(=O)[O-])ccc3C(=O)O)c3ccc(N)c(S(=O)(=O)[O-])c3oc-2c1S(=O)(=O)O.[Li+].[Li+]. The molecule has 0 unspecified atom stereocenters. The van der Waals surface area contributed by atoms with E-state index in [9.17, 15) is 45.7 Å². The molecule has 5 N–H and O–H groups in total. The number of rotatable bonds is 5. The summed E-state index contributed by atoms with van der Waals surface area (Å²) in [7, 11) is -10.6. The van der Waals surface area contributed by atoms with E-state index in [1.54, 1.807) is 0 Å². The maximum absolute atomic E-state index is 12.1. The Labute approximate surface area is 238 Å². The molecule has 2 aromatic carbocycles. The molecule has 1 aliphatic heterocycles. The number of carboxylic acids is 2. The van der Waals surface area contributed by atoms with Crippen molar-refractivity contribution < 1.29 is 87.9 Å². The minimum atomic E-state index is -5.38. The first kappa shape index (κ1) is 31.1. The van der Waals surface area contributed by atoms with Crippen LogP contribution in [-0.4, -0.2) is 43.0 Å². The first-order chi connectivity index (χ1) is 16.6. The Kier molecular flexibility index (Phi) is 8.65. The van der Waals surface area contributed by atoms with Crippen molar-refractivity contribution >= 4 is 48.8 Å². The van der Waals surface area contributed by atoms with Gasteiger partial charge in [0.05, 0.1) is 22.6 Å². The molecule has 0 saturated carbocycles. The second-order valence-electron chi connectivity index (χ2n) is 7.44. The zero-order chi connectivity index (χ0) is 26.7.